The number of hydrogen-bond donors (Lipinski definition) is 1. The van der Waals surface area contributed by atoms with Crippen LogP contribution >= 0.6 is 0 Å². The number of carbonyl (C=O) groups is 1. The molecule has 3 rings (SSSR count). The Bertz CT molecular complexity index is 1270. The highest BCUT2D eigenvalue weighted by Gasteiger charge is 2.28. The van der Waals surface area contributed by atoms with Crippen LogP contribution in [0.3, 0.4) is 0 Å². The Kier molecular flexibility index (Phi) is 8.57. The maximum absolute atomic E-state index is 13.6. The number of rotatable bonds is 10. The number of aryl methyl sites for hydroxylation is 2. The number of carbonyl (C=O) groups excluding carboxylic acids is 1. The molecular formula is C28H34N2O4S. The monoisotopic (exact) mass is 494 g/mol. The van der Waals surface area contributed by atoms with Crippen LogP contribution in [0.1, 0.15) is 42.0 Å². The quantitative estimate of drug-likeness (QED) is 0.397. The second kappa shape index (κ2) is 11.4. The van der Waals surface area contributed by atoms with Gasteiger partial charge in [-0.2, -0.15) is 0 Å². The number of nitrogens with one attached hydrogen (secondary N) is 1. The largest absolute Gasteiger partial charge is 0.491 e. The number of sulfonamides is 1. The van der Waals surface area contributed by atoms with Crippen molar-refractivity contribution in [1.82, 2.24) is 5.32 Å². The van der Waals surface area contributed by atoms with Crippen LogP contribution in [0.2, 0.25) is 0 Å². The predicted octanol–water partition coefficient (Wildman–Crippen LogP) is 5.13. The summed E-state index contributed by atoms with van der Waals surface area (Å²) in [5, 5.41) is 2.80. The van der Waals surface area contributed by atoms with E-state index in [-0.39, 0.29) is 24.6 Å². The third-order valence-electron chi connectivity index (χ3n) is 5.96. The van der Waals surface area contributed by atoms with Gasteiger partial charge in [0.2, 0.25) is 5.91 Å². The van der Waals surface area contributed by atoms with Gasteiger partial charge in [-0.3, -0.25) is 9.10 Å². The maximum Gasteiger partial charge on any atom is 0.264 e. The van der Waals surface area contributed by atoms with E-state index in [1.807, 2.05) is 51.1 Å². The van der Waals surface area contributed by atoms with Crippen molar-refractivity contribution < 1.29 is 17.9 Å². The summed E-state index contributed by atoms with van der Waals surface area (Å²) in [5.74, 6) is 0.706. The first-order chi connectivity index (χ1) is 16.6. The lowest BCUT2D eigenvalue weighted by molar-refractivity contribution is -0.119. The van der Waals surface area contributed by atoms with Gasteiger partial charge in [0.15, 0.2) is 0 Å². The van der Waals surface area contributed by atoms with E-state index in [4.69, 9.17) is 4.74 Å². The van der Waals surface area contributed by atoms with Crippen molar-refractivity contribution >= 4 is 21.6 Å². The summed E-state index contributed by atoms with van der Waals surface area (Å²) in [6.45, 7) is 10.1. The second-order valence-corrected chi connectivity index (χ2v) is 10.8. The molecule has 1 N–H and O–H groups in total. The molecule has 0 unspecified atom stereocenters. The number of ether oxygens (including phenoxy) is 1. The molecule has 7 heteroatoms. The third kappa shape index (κ3) is 6.42. The van der Waals surface area contributed by atoms with Gasteiger partial charge in [0.25, 0.3) is 10.0 Å². The first kappa shape index (κ1) is 26.3. The molecule has 3 aromatic carbocycles. The Labute approximate surface area is 209 Å². The number of benzene rings is 3. The molecule has 0 atom stereocenters. The standard InChI is InChI=1S/C28H34N2O4S/c1-20(2)25-10-6-7-12-27(25)34-18-17-29-28(31)19-30(26-11-8-9-22(4)23(26)5)35(32,33)24-15-13-21(3)14-16-24/h6-16,20H,17-19H2,1-5H3,(H,29,31). The van der Waals surface area contributed by atoms with Gasteiger partial charge in [-0.1, -0.05) is 61.9 Å². The summed E-state index contributed by atoms with van der Waals surface area (Å²) in [4.78, 5) is 13.0. The molecule has 0 spiro atoms. The van der Waals surface area contributed by atoms with Crippen molar-refractivity contribution in [2.24, 2.45) is 0 Å². The number of anilines is 1. The van der Waals surface area contributed by atoms with E-state index < -0.39 is 15.9 Å². The fourth-order valence-corrected chi connectivity index (χ4v) is 5.25. The van der Waals surface area contributed by atoms with E-state index in [2.05, 4.69) is 19.2 Å². The van der Waals surface area contributed by atoms with Crippen molar-refractivity contribution in [3.8, 4) is 5.75 Å². The molecule has 6 nitrogen and oxygen atoms in total. The maximum atomic E-state index is 13.6. The Hall–Kier alpha value is -3.32. The normalized spacial score (nSPS) is 11.4. The lowest BCUT2D eigenvalue weighted by atomic mass is 10.0. The Morgan fingerprint density at radius 2 is 1.63 bits per heavy atom. The first-order valence-electron chi connectivity index (χ1n) is 11.8. The van der Waals surface area contributed by atoms with Crippen molar-refractivity contribution in [3.63, 3.8) is 0 Å². The molecule has 0 aliphatic rings. The molecule has 0 bridgehead atoms. The van der Waals surface area contributed by atoms with Crippen molar-refractivity contribution in [1.29, 1.82) is 0 Å². The minimum absolute atomic E-state index is 0.144. The summed E-state index contributed by atoms with van der Waals surface area (Å²) in [6.07, 6.45) is 0. The van der Waals surface area contributed by atoms with Crippen molar-refractivity contribution in [2.45, 2.75) is 45.4 Å². The van der Waals surface area contributed by atoms with Gasteiger partial charge in [-0.25, -0.2) is 8.42 Å². The average molecular weight is 495 g/mol. The van der Waals surface area contributed by atoms with Gasteiger partial charge in [0, 0.05) is 0 Å². The number of amides is 1. The molecule has 0 saturated carbocycles. The molecule has 1 amide bonds. The van der Waals surface area contributed by atoms with E-state index >= 15 is 0 Å². The molecule has 0 aliphatic heterocycles. The van der Waals surface area contributed by atoms with E-state index in [9.17, 15) is 13.2 Å². The Morgan fingerprint density at radius 1 is 0.943 bits per heavy atom. The topological polar surface area (TPSA) is 75.7 Å². The lowest BCUT2D eigenvalue weighted by Crippen LogP contribution is -2.42. The lowest BCUT2D eigenvalue weighted by Gasteiger charge is -2.26. The first-order valence-corrected chi connectivity index (χ1v) is 13.2. The SMILES string of the molecule is Cc1ccc(S(=O)(=O)N(CC(=O)NCCOc2ccccc2C(C)C)c2cccc(C)c2C)cc1. The molecule has 0 fully saturated rings. The van der Waals surface area contributed by atoms with Gasteiger partial charge >= 0.3 is 0 Å². The highest BCUT2D eigenvalue weighted by Crippen LogP contribution is 2.29. The number of nitrogens with zero attached hydrogens (tertiary/aromatic N) is 1. The van der Waals surface area contributed by atoms with Crippen LogP contribution in [0, 0.1) is 20.8 Å². The van der Waals surface area contributed by atoms with Gasteiger partial charge in [-0.05, 0) is 67.6 Å². The molecule has 186 valence electrons. The highest BCUT2D eigenvalue weighted by molar-refractivity contribution is 7.92. The zero-order chi connectivity index (χ0) is 25.6. The van der Waals surface area contributed by atoms with Crippen LogP contribution in [-0.2, 0) is 14.8 Å². The molecule has 35 heavy (non-hydrogen) atoms. The molecule has 0 saturated heterocycles. The summed E-state index contributed by atoms with van der Waals surface area (Å²) < 4.78 is 34.2. The Morgan fingerprint density at radius 3 is 2.31 bits per heavy atom. The summed E-state index contributed by atoms with van der Waals surface area (Å²) in [6, 6.07) is 19.9. The van der Waals surface area contributed by atoms with Gasteiger partial charge in [-0.15, -0.1) is 0 Å². The van der Waals surface area contributed by atoms with E-state index in [0.717, 1.165) is 28.0 Å². The zero-order valence-corrected chi connectivity index (χ0v) is 21.9. The third-order valence-corrected chi connectivity index (χ3v) is 7.74. The van der Waals surface area contributed by atoms with Crippen LogP contribution in [-0.4, -0.2) is 34.0 Å². The summed E-state index contributed by atoms with van der Waals surface area (Å²) >= 11 is 0. The molecule has 0 heterocycles. The predicted molar refractivity (Wildman–Crippen MR) is 141 cm³/mol. The zero-order valence-electron chi connectivity index (χ0n) is 21.0. The van der Waals surface area contributed by atoms with Gasteiger partial charge in [0.05, 0.1) is 17.1 Å². The molecule has 0 aliphatic carbocycles. The fourth-order valence-electron chi connectivity index (χ4n) is 3.77. The van der Waals surface area contributed by atoms with Crippen molar-refractivity contribution in [2.75, 3.05) is 24.0 Å². The Balaban J connectivity index is 1.75. The minimum Gasteiger partial charge on any atom is -0.491 e. The van der Waals surface area contributed by atoms with Crippen molar-refractivity contribution in [3.05, 3.63) is 89.0 Å². The number of para-hydroxylation sites is 1. The van der Waals surface area contributed by atoms with Crippen LogP contribution in [0.4, 0.5) is 5.69 Å². The number of hydrogen-bond acceptors (Lipinski definition) is 4. The fraction of sp³-hybridized carbons (Fsp3) is 0.321. The molecule has 3 aromatic rings. The van der Waals surface area contributed by atoms with E-state index in [0.29, 0.717) is 11.6 Å². The van der Waals surface area contributed by atoms with Gasteiger partial charge < -0.3 is 10.1 Å². The average Bonchev–Trinajstić information content (AvgIpc) is 2.82. The van der Waals surface area contributed by atoms with Crippen LogP contribution in [0.5, 0.6) is 5.75 Å². The van der Waals surface area contributed by atoms with E-state index in [1.165, 1.54) is 4.31 Å². The van der Waals surface area contributed by atoms with Crippen LogP contribution in [0.25, 0.3) is 0 Å². The van der Waals surface area contributed by atoms with E-state index in [1.54, 1.807) is 36.4 Å². The molecule has 0 radical (unpaired) electrons. The molecule has 0 aromatic heterocycles. The smallest absolute Gasteiger partial charge is 0.264 e. The summed E-state index contributed by atoms with van der Waals surface area (Å²) in [5.41, 5.74) is 4.31. The summed E-state index contributed by atoms with van der Waals surface area (Å²) in [7, 11) is -3.95. The van der Waals surface area contributed by atoms with Gasteiger partial charge in [0.1, 0.15) is 18.9 Å². The van der Waals surface area contributed by atoms with Crippen LogP contribution in [0.15, 0.2) is 71.6 Å². The molecular weight excluding hydrogens is 460 g/mol. The second-order valence-electron chi connectivity index (χ2n) is 8.93. The highest BCUT2D eigenvalue weighted by atomic mass is 32.2. The minimum atomic E-state index is -3.95. The van der Waals surface area contributed by atoms with Crippen LogP contribution < -0.4 is 14.4 Å².